The monoisotopic (exact) mass is 383 g/mol. The fourth-order valence-corrected chi connectivity index (χ4v) is 3.77. The van der Waals surface area contributed by atoms with Crippen molar-refractivity contribution in [3.05, 3.63) is 48.5 Å². The molecule has 2 aliphatic rings. The molecular formula is C19H17N3O4S. The van der Waals surface area contributed by atoms with Crippen LogP contribution in [0.25, 0.3) is 0 Å². The number of ether oxygens (including phenoxy) is 2. The molecule has 2 aliphatic heterocycles. The molecule has 8 heteroatoms. The number of rotatable bonds is 3. The van der Waals surface area contributed by atoms with Crippen molar-refractivity contribution in [3.8, 4) is 11.5 Å². The minimum Gasteiger partial charge on any atom is -0.454 e. The van der Waals surface area contributed by atoms with E-state index in [1.165, 1.54) is 16.7 Å². The smallest absolute Gasteiger partial charge is 0.238 e. The first-order chi connectivity index (χ1) is 13.1. The Kier molecular flexibility index (Phi) is 4.72. The van der Waals surface area contributed by atoms with E-state index in [9.17, 15) is 9.59 Å². The van der Waals surface area contributed by atoms with Crippen LogP contribution in [0.2, 0.25) is 0 Å². The number of anilines is 1. The van der Waals surface area contributed by atoms with Gasteiger partial charge in [-0.15, -0.1) is 0 Å². The lowest BCUT2D eigenvalue weighted by Crippen LogP contribution is -2.43. The Morgan fingerprint density at radius 1 is 1.19 bits per heavy atom. The number of amidine groups is 1. The molecule has 0 saturated carbocycles. The molecule has 0 radical (unpaired) electrons. The zero-order valence-electron chi connectivity index (χ0n) is 14.5. The van der Waals surface area contributed by atoms with E-state index in [2.05, 4.69) is 10.3 Å². The first-order valence-electron chi connectivity index (χ1n) is 8.37. The molecule has 0 aliphatic carbocycles. The standard InChI is InChI=1S/C19H17N3O4S/c1-22-17(23)10-16(18(24)20-12-5-3-2-4-6-12)27-19(22)21-13-7-8-14-15(9-13)26-11-25-14/h2-9,16H,10-11H2,1H3,(H,20,24). The number of nitrogens with one attached hydrogen (secondary N) is 1. The summed E-state index contributed by atoms with van der Waals surface area (Å²) in [6.45, 7) is 0.185. The molecule has 1 N–H and O–H groups in total. The average Bonchev–Trinajstić information content (AvgIpc) is 3.14. The zero-order valence-corrected chi connectivity index (χ0v) is 15.4. The van der Waals surface area contributed by atoms with Gasteiger partial charge in [-0.1, -0.05) is 30.0 Å². The summed E-state index contributed by atoms with van der Waals surface area (Å²) in [6.07, 6.45) is 0.125. The average molecular weight is 383 g/mol. The largest absolute Gasteiger partial charge is 0.454 e. The number of hydrogen-bond donors (Lipinski definition) is 1. The highest BCUT2D eigenvalue weighted by Gasteiger charge is 2.34. The minimum absolute atomic E-state index is 0.125. The van der Waals surface area contributed by atoms with Crippen LogP contribution in [0.15, 0.2) is 53.5 Å². The summed E-state index contributed by atoms with van der Waals surface area (Å²) >= 11 is 1.27. The molecule has 1 fully saturated rings. The van der Waals surface area contributed by atoms with Crippen LogP contribution in [0, 0.1) is 0 Å². The lowest BCUT2D eigenvalue weighted by molar-refractivity contribution is -0.128. The summed E-state index contributed by atoms with van der Waals surface area (Å²) in [7, 11) is 1.66. The second kappa shape index (κ2) is 7.32. The van der Waals surface area contributed by atoms with Crippen molar-refractivity contribution in [2.75, 3.05) is 19.2 Å². The van der Waals surface area contributed by atoms with Gasteiger partial charge in [0.15, 0.2) is 16.7 Å². The van der Waals surface area contributed by atoms with E-state index in [1.807, 2.05) is 18.2 Å². The molecule has 2 aromatic carbocycles. The van der Waals surface area contributed by atoms with Crippen molar-refractivity contribution in [1.29, 1.82) is 0 Å². The predicted molar refractivity (Wildman–Crippen MR) is 103 cm³/mol. The Morgan fingerprint density at radius 3 is 2.78 bits per heavy atom. The van der Waals surface area contributed by atoms with E-state index < -0.39 is 5.25 Å². The third-order valence-electron chi connectivity index (χ3n) is 4.18. The quantitative estimate of drug-likeness (QED) is 0.881. The number of hydrogen-bond acceptors (Lipinski definition) is 6. The highest BCUT2D eigenvalue weighted by molar-refractivity contribution is 8.15. The van der Waals surface area contributed by atoms with Crippen LogP contribution in [0.5, 0.6) is 11.5 Å². The summed E-state index contributed by atoms with van der Waals surface area (Å²) in [5, 5.41) is 2.77. The van der Waals surface area contributed by atoms with Crippen molar-refractivity contribution in [3.63, 3.8) is 0 Å². The summed E-state index contributed by atoms with van der Waals surface area (Å²) in [4.78, 5) is 30.9. The molecule has 0 spiro atoms. The van der Waals surface area contributed by atoms with Gasteiger partial charge in [-0.3, -0.25) is 14.5 Å². The second-order valence-electron chi connectivity index (χ2n) is 6.05. The van der Waals surface area contributed by atoms with E-state index in [0.717, 1.165) is 0 Å². The molecule has 138 valence electrons. The van der Waals surface area contributed by atoms with Crippen molar-refractivity contribution in [2.45, 2.75) is 11.7 Å². The number of aliphatic imine (C=N–C) groups is 1. The molecule has 4 rings (SSSR count). The number of nitrogens with zero attached hydrogens (tertiary/aromatic N) is 2. The maximum absolute atomic E-state index is 12.6. The van der Waals surface area contributed by atoms with Crippen LogP contribution in [-0.2, 0) is 9.59 Å². The molecule has 2 aromatic rings. The number of para-hydroxylation sites is 1. The lowest BCUT2D eigenvalue weighted by atomic mass is 10.2. The van der Waals surface area contributed by atoms with Crippen LogP contribution in [0.1, 0.15) is 6.42 Å². The molecule has 2 heterocycles. The fourth-order valence-electron chi connectivity index (χ4n) is 2.71. The summed E-state index contributed by atoms with van der Waals surface area (Å²) in [5.74, 6) is 0.914. The van der Waals surface area contributed by atoms with Gasteiger partial charge >= 0.3 is 0 Å². The van der Waals surface area contributed by atoms with Gasteiger partial charge in [0.2, 0.25) is 18.6 Å². The van der Waals surface area contributed by atoms with E-state index in [-0.39, 0.29) is 25.0 Å². The van der Waals surface area contributed by atoms with Gasteiger partial charge in [-0.05, 0) is 24.3 Å². The van der Waals surface area contributed by atoms with Crippen molar-refractivity contribution >= 4 is 40.1 Å². The first-order valence-corrected chi connectivity index (χ1v) is 9.25. The van der Waals surface area contributed by atoms with Gasteiger partial charge < -0.3 is 14.8 Å². The highest BCUT2D eigenvalue weighted by atomic mass is 32.2. The van der Waals surface area contributed by atoms with E-state index in [0.29, 0.717) is 28.0 Å². The fraction of sp³-hybridized carbons (Fsp3) is 0.211. The van der Waals surface area contributed by atoms with Crippen LogP contribution < -0.4 is 14.8 Å². The van der Waals surface area contributed by atoms with Gasteiger partial charge in [-0.2, -0.15) is 0 Å². The second-order valence-corrected chi connectivity index (χ2v) is 7.22. The maximum Gasteiger partial charge on any atom is 0.238 e. The zero-order chi connectivity index (χ0) is 18.8. The van der Waals surface area contributed by atoms with Crippen LogP contribution in [-0.4, -0.2) is 41.0 Å². The van der Waals surface area contributed by atoms with Crippen LogP contribution in [0.4, 0.5) is 11.4 Å². The topological polar surface area (TPSA) is 80.2 Å². The molecule has 1 unspecified atom stereocenters. The minimum atomic E-state index is -0.540. The maximum atomic E-state index is 12.6. The summed E-state index contributed by atoms with van der Waals surface area (Å²) in [6, 6.07) is 14.5. The van der Waals surface area contributed by atoms with E-state index in [1.54, 1.807) is 37.4 Å². The van der Waals surface area contributed by atoms with Crippen LogP contribution >= 0.6 is 11.8 Å². The molecule has 2 amide bonds. The predicted octanol–water partition coefficient (Wildman–Crippen LogP) is 3.01. The lowest BCUT2D eigenvalue weighted by Gasteiger charge is -2.28. The highest BCUT2D eigenvalue weighted by Crippen LogP contribution is 2.36. The normalized spacial score (nSPS) is 20.0. The summed E-state index contributed by atoms with van der Waals surface area (Å²) < 4.78 is 10.7. The van der Waals surface area contributed by atoms with Gasteiger partial charge in [0.05, 0.1) is 5.69 Å². The number of fused-ring (bicyclic) bond motifs is 1. The van der Waals surface area contributed by atoms with Gasteiger partial charge in [0.1, 0.15) is 5.25 Å². The molecule has 0 aromatic heterocycles. The third kappa shape index (κ3) is 3.75. The molecular weight excluding hydrogens is 366 g/mol. The molecule has 27 heavy (non-hydrogen) atoms. The molecule has 7 nitrogen and oxygen atoms in total. The number of benzene rings is 2. The van der Waals surface area contributed by atoms with E-state index >= 15 is 0 Å². The van der Waals surface area contributed by atoms with Crippen molar-refractivity contribution in [1.82, 2.24) is 4.90 Å². The number of carbonyl (C=O) groups excluding carboxylic acids is 2. The van der Waals surface area contributed by atoms with Gasteiger partial charge in [0.25, 0.3) is 0 Å². The Hall–Kier alpha value is -3.00. The molecule has 0 bridgehead atoms. The SMILES string of the molecule is CN1C(=O)CC(C(=O)Nc2ccccc2)SC1=Nc1ccc2c(c1)OCO2. The van der Waals surface area contributed by atoms with Crippen LogP contribution in [0.3, 0.4) is 0 Å². The Balaban J connectivity index is 1.53. The van der Waals surface area contributed by atoms with Gasteiger partial charge in [-0.25, -0.2) is 4.99 Å². The molecule has 1 saturated heterocycles. The Labute approximate surface area is 160 Å². The Bertz CT molecular complexity index is 916. The third-order valence-corrected chi connectivity index (χ3v) is 5.42. The summed E-state index contributed by atoms with van der Waals surface area (Å²) in [5.41, 5.74) is 1.33. The van der Waals surface area contributed by atoms with E-state index in [4.69, 9.17) is 9.47 Å². The van der Waals surface area contributed by atoms with Crippen molar-refractivity contribution in [2.24, 2.45) is 4.99 Å². The Morgan fingerprint density at radius 2 is 1.96 bits per heavy atom. The molecule has 1 atom stereocenters. The number of carbonyl (C=O) groups is 2. The number of thioether (sulfide) groups is 1. The van der Waals surface area contributed by atoms with Crippen molar-refractivity contribution < 1.29 is 19.1 Å². The number of amides is 2. The first kappa shape index (κ1) is 17.4. The van der Waals surface area contributed by atoms with Gasteiger partial charge in [0, 0.05) is 25.2 Å².